The van der Waals surface area contributed by atoms with Crippen LogP contribution >= 0.6 is 0 Å². The van der Waals surface area contributed by atoms with Crippen molar-refractivity contribution >= 4 is 16.6 Å². The van der Waals surface area contributed by atoms with Crippen molar-refractivity contribution in [3.05, 3.63) is 0 Å². The molecule has 2 nitrogen and oxygen atoms in total. The Morgan fingerprint density at radius 2 is 2.17 bits per heavy atom. The quantitative estimate of drug-likeness (QED) is 0.361. The van der Waals surface area contributed by atoms with Crippen molar-refractivity contribution in [1.82, 2.24) is 0 Å². The van der Waals surface area contributed by atoms with Crippen LogP contribution in [0.25, 0.3) is 0 Å². The monoisotopic (exact) mass is 102 g/mol. The van der Waals surface area contributed by atoms with Gasteiger partial charge in [-0.05, 0) is 0 Å². The van der Waals surface area contributed by atoms with Gasteiger partial charge in [-0.1, -0.05) is 0 Å². The van der Waals surface area contributed by atoms with Gasteiger partial charge >= 0.3 is 45.5 Å². The molecule has 0 N–H and O–H groups in total. The third-order valence-electron chi connectivity index (χ3n) is 0.405. The minimum absolute atomic E-state index is 0.654. The summed E-state index contributed by atoms with van der Waals surface area (Å²) in [4.78, 5) is 0. The molecule has 6 heavy (non-hydrogen) atoms. The second-order valence-corrected chi connectivity index (χ2v) is 1.20. The Morgan fingerprint density at radius 1 is 1.50 bits per heavy atom. The van der Waals surface area contributed by atoms with Crippen molar-refractivity contribution in [3.63, 3.8) is 0 Å². The van der Waals surface area contributed by atoms with E-state index in [2.05, 4.69) is 25.1 Å². The number of hydrogen-bond acceptors (Lipinski definition) is 2. The SMILES string of the molecule is COCC[O][Al+2]. The molecule has 0 unspecified atom stereocenters. The van der Waals surface area contributed by atoms with Crippen molar-refractivity contribution in [1.29, 1.82) is 0 Å². The molecule has 0 aliphatic heterocycles. The van der Waals surface area contributed by atoms with Crippen molar-refractivity contribution in [2.24, 2.45) is 0 Å². The van der Waals surface area contributed by atoms with E-state index in [9.17, 15) is 0 Å². The first-order valence-corrected chi connectivity index (χ1v) is 2.19. The van der Waals surface area contributed by atoms with E-state index in [1.165, 1.54) is 0 Å². The normalized spacial score (nSPS) is 9.17. The first-order valence-electron chi connectivity index (χ1n) is 1.72. The zero-order valence-electron chi connectivity index (χ0n) is 3.81. The average molecular weight is 102 g/mol. The Balaban J connectivity index is 2.34. The molecule has 0 bridgehead atoms. The zero-order chi connectivity index (χ0) is 4.83. The van der Waals surface area contributed by atoms with Crippen molar-refractivity contribution in [3.8, 4) is 0 Å². The first-order chi connectivity index (χ1) is 2.91. The van der Waals surface area contributed by atoms with E-state index >= 15 is 0 Å². The fraction of sp³-hybridized carbons (Fsp3) is 1.00. The fourth-order valence-electron chi connectivity index (χ4n) is 0.131. The van der Waals surface area contributed by atoms with E-state index in [1.807, 2.05) is 0 Å². The predicted molar refractivity (Wildman–Crippen MR) is 23.6 cm³/mol. The van der Waals surface area contributed by atoms with E-state index in [1.54, 1.807) is 7.11 Å². The second kappa shape index (κ2) is 5.45. The summed E-state index contributed by atoms with van der Waals surface area (Å²) in [6.45, 7) is 1.32. The Hall–Kier alpha value is 0.452. The minimum atomic E-state index is 0.654. The Morgan fingerprint density at radius 3 is 2.33 bits per heavy atom. The number of hydrogen-bond donors (Lipinski definition) is 0. The molecule has 3 heteroatoms. The van der Waals surface area contributed by atoms with Gasteiger partial charge < -0.3 is 0 Å². The molecule has 0 saturated heterocycles. The van der Waals surface area contributed by atoms with Crippen LogP contribution in [0.3, 0.4) is 0 Å². The van der Waals surface area contributed by atoms with E-state index in [0.717, 1.165) is 0 Å². The van der Waals surface area contributed by atoms with Gasteiger partial charge in [0, 0.05) is 0 Å². The van der Waals surface area contributed by atoms with Gasteiger partial charge in [0.1, 0.15) is 0 Å². The van der Waals surface area contributed by atoms with Gasteiger partial charge in [0.05, 0.1) is 0 Å². The van der Waals surface area contributed by atoms with Gasteiger partial charge in [-0.15, -0.1) is 0 Å². The summed E-state index contributed by atoms with van der Waals surface area (Å²) in [7, 11) is 1.64. The van der Waals surface area contributed by atoms with Crippen LogP contribution in [0.2, 0.25) is 0 Å². The maximum absolute atomic E-state index is 4.64. The molecule has 0 rings (SSSR count). The summed E-state index contributed by atoms with van der Waals surface area (Å²) in [5.41, 5.74) is 0. The van der Waals surface area contributed by atoms with E-state index in [4.69, 9.17) is 0 Å². The van der Waals surface area contributed by atoms with Crippen molar-refractivity contribution < 1.29 is 8.53 Å². The van der Waals surface area contributed by atoms with Crippen LogP contribution in [-0.4, -0.2) is 36.9 Å². The summed E-state index contributed by atoms with van der Waals surface area (Å²) in [6, 6.07) is 0. The van der Waals surface area contributed by atoms with Gasteiger partial charge in [0.2, 0.25) is 0 Å². The third kappa shape index (κ3) is 4.45. The molecule has 32 valence electrons. The predicted octanol–water partition coefficient (Wildman–Crippen LogP) is -0.267. The van der Waals surface area contributed by atoms with Crippen LogP contribution in [0, 0.1) is 0 Å². The molecule has 0 aliphatic carbocycles. The Kier molecular flexibility index (Phi) is 5.86. The molecule has 0 amide bonds. The molecule has 0 aromatic heterocycles. The number of rotatable bonds is 3. The zero-order valence-corrected chi connectivity index (χ0v) is 4.96. The maximum atomic E-state index is 4.64. The summed E-state index contributed by atoms with van der Waals surface area (Å²) in [5.74, 6) is 0. The molecular weight excluding hydrogens is 95.0 g/mol. The fourth-order valence-corrected chi connectivity index (χ4v) is 0.228. The van der Waals surface area contributed by atoms with Gasteiger partial charge in [-0.2, -0.15) is 0 Å². The van der Waals surface area contributed by atoms with Gasteiger partial charge in [0.15, 0.2) is 0 Å². The third-order valence-corrected chi connectivity index (χ3v) is 0.641. The molecule has 0 heterocycles. The van der Waals surface area contributed by atoms with Gasteiger partial charge in [-0.3, -0.25) is 0 Å². The summed E-state index contributed by atoms with van der Waals surface area (Å²) in [6.07, 6.45) is 0. The first kappa shape index (κ1) is 6.45. The molecule has 0 atom stereocenters. The van der Waals surface area contributed by atoms with Crippen LogP contribution in [-0.2, 0) is 8.53 Å². The standard InChI is InChI=1S/C3H7O2.Al/c1-5-3-2-4;/h2-3H2,1H3;/q-1;+3. The number of methoxy groups -OCH3 is 1. The van der Waals surface area contributed by atoms with Crippen LogP contribution < -0.4 is 0 Å². The van der Waals surface area contributed by atoms with Crippen molar-refractivity contribution in [2.45, 2.75) is 0 Å². The Labute approximate surface area is 46.2 Å². The average Bonchev–Trinajstić information content (AvgIpc) is 1.61. The number of ether oxygens (including phenoxy) is 1. The van der Waals surface area contributed by atoms with Crippen LogP contribution in [0.5, 0.6) is 0 Å². The molecule has 0 fully saturated rings. The van der Waals surface area contributed by atoms with Crippen LogP contribution in [0.1, 0.15) is 0 Å². The topological polar surface area (TPSA) is 18.5 Å². The molecule has 0 aliphatic rings. The van der Waals surface area contributed by atoms with Crippen LogP contribution in [0.15, 0.2) is 0 Å². The second-order valence-electron chi connectivity index (χ2n) is 0.864. The van der Waals surface area contributed by atoms with Crippen LogP contribution in [0.4, 0.5) is 0 Å². The molecule has 0 spiro atoms. The molecule has 0 saturated carbocycles. The van der Waals surface area contributed by atoms with Crippen molar-refractivity contribution in [2.75, 3.05) is 20.3 Å². The van der Waals surface area contributed by atoms with E-state index in [-0.39, 0.29) is 0 Å². The van der Waals surface area contributed by atoms with E-state index < -0.39 is 0 Å². The summed E-state index contributed by atoms with van der Waals surface area (Å²) < 4.78 is 9.22. The van der Waals surface area contributed by atoms with Gasteiger partial charge in [0.25, 0.3) is 0 Å². The summed E-state index contributed by atoms with van der Waals surface area (Å²) in [5, 5.41) is 0. The molecular formula is C3H7AlO2+2. The molecule has 0 aromatic carbocycles. The van der Waals surface area contributed by atoms with Gasteiger partial charge in [-0.25, -0.2) is 0 Å². The summed E-state index contributed by atoms with van der Waals surface area (Å²) >= 11 is 2.15. The van der Waals surface area contributed by atoms with E-state index in [0.29, 0.717) is 13.2 Å². The Bertz CT molecular complexity index is 20.8. The molecule has 0 radical (unpaired) electrons. The molecule has 0 aromatic rings.